The lowest BCUT2D eigenvalue weighted by molar-refractivity contribution is -0.0158. The predicted octanol–water partition coefficient (Wildman–Crippen LogP) is 1.65. The second-order valence-electron chi connectivity index (χ2n) is 6.67. The lowest BCUT2D eigenvalue weighted by Gasteiger charge is -2.33. The maximum atomic E-state index is 13.9. The quantitative estimate of drug-likeness (QED) is 0.794. The van der Waals surface area contributed by atoms with Gasteiger partial charge in [0.05, 0.1) is 5.39 Å². The van der Waals surface area contributed by atoms with Crippen molar-refractivity contribution in [1.82, 2.24) is 9.88 Å². The van der Waals surface area contributed by atoms with E-state index >= 15 is 0 Å². The summed E-state index contributed by atoms with van der Waals surface area (Å²) in [4.78, 5) is 16.9. The molecule has 5 nitrogen and oxygen atoms in total. The number of pyridine rings is 1. The molecule has 0 saturated carbocycles. The number of nitrogens with two attached hydrogens (primary N) is 1. The third kappa shape index (κ3) is 3.50. The molecule has 0 bridgehead atoms. The maximum absolute atomic E-state index is 13.9. The molecular formula is C18H24FN3O2. The normalized spacial score (nSPS) is 18.2. The van der Waals surface area contributed by atoms with Crippen molar-refractivity contribution in [3.8, 4) is 0 Å². The van der Waals surface area contributed by atoms with Crippen LogP contribution in [0.4, 0.5) is 4.39 Å². The second-order valence-corrected chi connectivity index (χ2v) is 6.67. The Morgan fingerprint density at radius 1 is 1.42 bits per heavy atom. The minimum Gasteiger partial charge on any atom is -0.378 e. The smallest absolute Gasteiger partial charge is 0.259 e. The van der Waals surface area contributed by atoms with Gasteiger partial charge in [-0.1, -0.05) is 6.07 Å². The molecule has 0 radical (unpaired) electrons. The molecule has 2 heterocycles. The van der Waals surface area contributed by atoms with Crippen molar-refractivity contribution >= 4 is 10.8 Å². The Balaban J connectivity index is 1.74. The number of aryl methyl sites for hydroxylation is 2. The summed E-state index contributed by atoms with van der Waals surface area (Å²) in [5.74, 6) is -0.506. The third-order valence-corrected chi connectivity index (χ3v) is 4.90. The summed E-state index contributed by atoms with van der Waals surface area (Å²) in [5.41, 5.74) is 7.05. The zero-order valence-corrected chi connectivity index (χ0v) is 13.9. The Bertz CT molecular complexity index is 782. The van der Waals surface area contributed by atoms with Gasteiger partial charge in [-0.2, -0.15) is 0 Å². The number of fused-ring (bicyclic) bond motifs is 1. The summed E-state index contributed by atoms with van der Waals surface area (Å²) in [6.45, 7) is 3.44. The average Bonchev–Trinajstić information content (AvgIpc) is 2.56. The Morgan fingerprint density at radius 2 is 2.12 bits per heavy atom. The van der Waals surface area contributed by atoms with E-state index in [0.29, 0.717) is 23.9 Å². The van der Waals surface area contributed by atoms with Gasteiger partial charge in [-0.3, -0.25) is 9.69 Å². The number of halogens is 1. The van der Waals surface area contributed by atoms with Gasteiger partial charge in [-0.15, -0.1) is 0 Å². The highest BCUT2D eigenvalue weighted by Gasteiger charge is 2.21. The molecule has 1 unspecified atom stereocenters. The first-order valence-electron chi connectivity index (χ1n) is 8.44. The van der Waals surface area contributed by atoms with Crippen molar-refractivity contribution in [3.05, 3.63) is 45.6 Å². The molecular weight excluding hydrogens is 309 g/mol. The molecule has 0 spiro atoms. The number of aromatic amines is 1. The number of nitrogens with one attached hydrogen (secondary N) is 1. The molecule has 1 aromatic carbocycles. The van der Waals surface area contributed by atoms with E-state index in [1.165, 1.54) is 6.07 Å². The van der Waals surface area contributed by atoms with Crippen molar-refractivity contribution in [2.45, 2.75) is 44.9 Å². The first-order chi connectivity index (χ1) is 11.5. The van der Waals surface area contributed by atoms with Crippen LogP contribution in [0, 0.1) is 12.7 Å². The van der Waals surface area contributed by atoms with Crippen LogP contribution in [0.1, 0.15) is 30.5 Å². The molecule has 1 fully saturated rings. The summed E-state index contributed by atoms with van der Waals surface area (Å²) < 4.78 is 13.9. The van der Waals surface area contributed by atoms with Crippen LogP contribution in [0.25, 0.3) is 10.8 Å². The monoisotopic (exact) mass is 333 g/mol. The number of likely N-dealkylation sites (tertiary alicyclic amines) is 1. The highest BCUT2D eigenvalue weighted by atomic mass is 19.1. The molecule has 6 heteroatoms. The van der Waals surface area contributed by atoms with Crippen LogP contribution in [-0.4, -0.2) is 40.3 Å². The number of benzene rings is 1. The van der Waals surface area contributed by atoms with E-state index in [9.17, 15) is 14.3 Å². The second kappa shape index (κ2) is 7.01. The summed E-state index contributed by atoms with van der Waals surface area (Å²) >= 11 is 0. The highest BCUT2D eigenvalue weighted by Crippen LogP contribution is 2.20. The SMILES string of the molecule is Cc1ccc(F)c2c(=O)[nH]c(CCC(O)N3CCC(N)CC3)cc12. The number of aromatic nitrogens is 1. The number of rotatable bonds is 4. The van der Waals surface area contributed by atoms with Crippen LogP contribution in [0.15, 0.2) is 23.0 Å². The number of aliphatic hydroxyl groups is 1. The first-order valence-corrected chi connectivity index (χ1v) is 8.44. The number of hydrogen-bond acceptors (Lipinski definition) is 4. The first kappa shape index (κ1) is 17.1. The fourth-order valence-corrected chi connectivity index (χ4v) is 3.35. The van der Waals surface area contributed by atoms with Gasteiger partial charge in [-0.25, -0.2) is 4.39 Å². The largest absolute Gasteiger partial charge is 0.378 e. The van der Waals surface area contributed by atoms with Crippen molar-refractivity contribution in [2.24, 2.45) is 5.73 Å². The zero-order chi connectivity index (χ0) is 17.3. The van der Waals surface area contributed by atoms with E-state index in [2.05, 4.69) is 4.98 Å². The Labute approximate surface area is 140 Å². The van der Waals surface area contributed by atoms with Crippen molar-refractivity contribution in [2.75, 3.05) is 13.1 Å². The van der Waals surface area contributed by atoms with Gasteiger partial charge < -0.3 is 15.8 Å². The van der Waals surface area contributed by atoms with Crippen molar-refractivity contribution in [1.29, 1.82) is 0 Å². The van der Waals surface area contributed by atoms with E-state index in [4.69, 9.17) is 5.73 Å². The molecule has 1 saturated heterocycles. The molecule has 1 aliphatic rings. The topological polar surface area (TPSA) is 82.4 Å². The van der Waals surface area contributed by atoms with Gasteiger partial charge in [0.2, 0.25) is 0 Å². The minimum absolute atomic E-state index is 0.101. The van der Waals surface area contributed by atoms with Gasteiger partial charge in [0, 0.05) is 24.8 Å². The predicted molar refractivity (Wildman–Crippen MR) is 92.4 cm³/mol. The van der Waals surface area contributed by atoms with E-state index in [1.807, 2.05) is 17.9 Å². The number of aliphatic hydroxyl groups excluding tert-OH is 1. The van der Waals surface area contributed by atoms with Crippen molar-refractivity contribution in [3.63, 3.8) is 0 Å². The molecule has 0 amide bonds. The minimum atomic E-state index is -0.551. The van der Waals surface area contributed by atoms with Crippen LogP contribution in [0.5, 0.6) is 0 Å². The molecule has 1 aliphatic heterocycles. The van der Waals surface area contributed by atoms with Gasteiger partial charge in [0.1, 0.15) is 12.0 Å². The van der Waals surface area contributed by atoms with Gasteiger partial charge in [0.15, 0.2) is 0 Å². The Hall–Kier alpha value is -1.76. The Morgan fingerprint density at radius 3 is 2.83 bits per heavy atom. The van der Waals surface area contributed by atoms with Crippen LogP contribution in [0.2, 0.25) is 0 Å². The zero-order valence-electron chi connectivity index (χ0n) is 13.9. The molecule has 0 aliphatic carbocycles. The summed E-state index contributed by atoms with van der Waals surface area (Å²) in [7, 11) is 0. The fraction of sp³-hybridized carbons (Fsp3) is 0.500. The maximum Gasteiger partial charge on any atom is 0.259 e. The molecule has 130 valence electrons. The van der Waals surface area contributed by atoms with Gasteiger partial charge in [0.25, 0.3) is 5.56 Å². The van der Waals surface area contributed by atoms with E-state index in [1.54, 1.807) is 6.07 Å². The molecule has 2 aromatic rings. The molecule has 3 rings (SSSR count). The summed E-state index contributed by atoms with van der Waals surface area (Å²) in [6.07, 6.45) is 2.28. The number of piperidine rings is 1. The number of nitrogens with zero attached hydrogens (tertiary/aromatic N) is 1. The lowest BCUT2D eigenvalue weighted by atomic mass is 10.0. The van der Waals surface area contributed by atoms with Crippen LogP contribution >= 0.6 is 0 Å². The van der Waals surface area contributed by atoms with Gasteiger partial charge >= 0.3 is 0 Å². The van der Waals surface area contributed by atoms with Crippen molar-refractivity contribution < 1.29 is 9.50 Å². The highest BCUT2D eigenvalue weighted by molar-refractivity contribution is 5.85. The number of hydrogen-bond donors (Lipinski definition) is 3. The molecule has 4 N–H and O–H groups in total. The van der Waals surface area contributed by atoms with E-state index in [-0.39, 0.29) is 11.4 Å². The van der Waals surface area contributed by atoms with Crippen LogP contribution in [0.3, 0.4) is 0 Å². The van der Waals surface area contributed by atoms with Gasteiger partial charge in [-0.05, 0) is 55.7 Å². The van der Waals surface area contributed by atoms with Crippen LogP contribution < -0.4 is 11.3 Å². The van der Waals surface area contributed by atoms with E-state index in [0.717, 1.165) is 31.5 Å². The molecule has 1 atom stereocenters. The third-order valence-electron chi connectivity index (χ3n) is 4.90. The van der Waals surface area contributed by atoms with E-state index < -0.39 is 17.6 Å². The van der Waals surface area contributed by atoms with Crippen LogP contribution in [-0.2, 0) is 6.42 Å². The fourth-order valence-electron chi connectivity index (χ4n) is 3.35. The summed E-state index contributed by atoms with van der Waals surface area (Å²) in [5, 5.41) is 11.1. The Kier molecular flexibility index (Phi) is 4.99. The molecule has 1 aromatic heterocycles. The summed E-state index contributed by atoms with van der Waals surface area (Å²) in [6, 6.07) is 5.03. The molecule has 24 heavy (non-hydrogen) atoms. The number of H-pyrrole nitrogens is 1. The average molecular weight is 333 g/mol. The standard InChI is InChI=1S/C18H24FN3O2/c1-11-2-4-15(19)17-14(11)10-13(21-18(17)24)3-5-16(23)22-8-6-12(20)7-9-22/h2,4,10,12,16,23H,3,5-9,20H2,1H3,(H,21,24). The lowest BCUT2D eigenvalue weighted by Crippen LogP contribution is -2.45.